The molecule has 0 bridgehead atoms. The molecule has 0 radical (unpaired) electrons. The van der Waals surface area contributed by atoms with Crippen molar-refractivity contribution in [1.82, 2.24) is 9.62 Å². The standard InChI is InChI=1S/C22H35N3O3S/c1-5-7-18-12-19-8-6-9-20(19)21(16(18)4)23-22(26)24-29(27,28)14-17-10-11-25(13-17)15(2)3/h12,15,17H,5-11,13-14H2,1-4H3,(H2,23,24,26). The van der Waals surface area contributed by atoms with E-state index in [-0.39, 0.29) is 11.7 Å². The summed E-state index contributed by atoms with van der Waals surface area (Å²) in [6.45, 7) is 10.1. The van der Waals surface area contributed by atoms with Crippen LogP contribution in [0, 0.1) is 12.8 Å². The minimum atomic E-state index is -3.67. The third kappa shape index (κ3) is 5.31. The van der Waals surface area contributed by atoms with Crippen LogP contribution in [0.25, 0.3) is 0 Å². The number of anilines is 1. The topological polar surface area (TPSA) is 78.5 Å². The number of benzene rings is 1. The van der Waals surface area contributed by atoms with Crippen LogP contribution >= 0.6 is 0 Å². The number of rotatable bonds is 7. The number of carbonyl (C=O) groups is 1. The number of carbonyl (C=O) groups excluding carboxylic acids is 1. The zero-order chi connectivity index (χ0) is 21.2. The van der Waals surface area contributed by atoms with Crippen molar-refractivity contribution in [3.05, 3.63) is 28.3 Å². The van der Waals surface area contributed by atoms with E-state index in [1.165, 1.54) is 16.7 Å². The summed E-state index contributed by atoms with van der Waals surface area (Å²) in [6, 6.07) is 2.04. The summed E-state index contributed by atoms with van der Waals surface area (Å²) in [4.78, 5) is 14.9. The van der Waals surface area contributed by atoms with Crippen LogP contribution < -0.4 is 10.0 Å². The zero-order valence-corrected chi connectivity index (χ0v) is 19.0. The smallest absolute Gasteiger partial charge is 0.307 e. The molecule has 1 fully saturated rings. The fourth-order valence-electron chi connectivity index (χ4n) is 4.72. The molecule has 7 heteroatoms. The molecule has 0 spiro atoms. The van der Waals surface area contributed by atoms with E-state index in [4.69, 9.17) is 0 Å². The summed E-state index contributed by atoms with van der Waals surface area (Å²) >= 11 is 0. The fourth-order valence-corrected chi connectivity index (χ4v) is 6.02. The lowest BCUT2D eigenvalue weighted by molar-refractivity contribution is 0.256. The summed E-state index contributed by atoms with van der Waals surface area (Å²) in [5, 5.41) is 2.88. The van der Waals surface area contributed by atoms with Crippen LogP contribution in [0.2, 0.25) is 0 Å². The molecule has 1 unspecified atom stereocenters. The molecule has 0 aromatic heterocycles. The average molecular weight is 422 g/mol. The van der Waals surface area contributed by atoms with Gasteiger partial charge in [-0.25, -0.2) is 17.9 Å². The van der Waals surface area contributed by atoms with Gasteiger partial charge in [0.05, 0.1) is 5.75 Å². The van der Waals surface area contributed by atoms with E-state index in [9.17, 15) is 13.2 Å². The molecule has 0 saturated carbocycles. The fraction of sp³-hybridized carbons (Fsp3) is 0.682. The first kappa shape index (κ1) is 22.1. The first-order valence-corrected chi connectivity index (χ1v) is 12.5. The summed E-state index contributed by atoms with van der Waals surface area (Å²) < 4.78 is 27.4. The number of urea groups is 1. The Morgan fingerprint density at radius 2 is 2.07 bits per heavy atom. The third-order valence-electron chi connectivity index (χ3n) is 6.28. The van der Waals surface area contributed by atoms with Crippen LogP contribution in [-0.2, 0) is 29.3 Å². The lowest BCUT2D eigenvalue weighted by Gasteiger charge is -2.20. The minimum Gasteiger partial charge on any atom is -0.307 e. The second-order valence-electron chi connectivity index (χ2n) is 8.86. The van der Waals surface area contributed by atoms with Gasteiger partial charge in [0.25, 0.3) is 0 Å². The number of sulfonamides is 1. The van der Waals surface area contributed by atoms with Gasteiger partial charge in [0.2, 0.25) is 10.0 Å². The lowest BCUT2D eigenvalue weighted by atomic mass is 9.95. The van der Waals surface area contributed by atoms with Gasteiger partial charge in [-0.2, -0.15) is 0 Å². The van der Waals surface area contributed by atoms with E-state index in [2.05, 4.69) is 41.8 Å². The van der Waals surface area contributed by atoms with Crippen molar-refractivity contribution in [2.45, 2.75) is 72.3 Å². The lowest BCUT2D eigenvalue weighted by Crippen LogP contribution is -2.38. The maximum absolute atomic E-state index is 12.6. The molecule has 1 aliphatic carbocycles. The van der Waals surface area contributed by atoms with Gasteiger partial charge in [-0.1, -0.05) is 19.4 Å². The molecule has 6 nitrogen and oxygen atoms in total. The number of nitrogens with one attached hydrogen (secondary N) is 2. The highest BCUT2D eigenvalue weighted by Crippen LogP contribution is 2.34. The van der Waals surface area contributed by atoms with Crippen molar-refractivity contribution in [2.75, 3.05) is 24.2 Å². The van der Waals surface area contributed by atoms with Gasteiger partial charge in [0.15, 0.2) is 0 Å². The van der Waals surface area contributed by atoms with Gasteiger partial charge < -0.3 is 10.2 Å². The molecule has 1 aliphatic heterocycles. The molecule has 29 heavy (non-hydrogen) atoms. The highest BCUT2D eigenvalue weighted by molar-refractivity contribution is 7.90. The Morgan fingerprint density at radius 1 is 1.31 bits per heavy atom. The largest absolute Gasteiger partial charge is 0.332 e. The molecule has 1 atom stereocenters. The van der Waals surface area contributed by atoms with Crippen LogP contribution in [0.15, 0.2) is 6.07 Å². The van der Waals surface area contributed by atoms with Crippen molar-refractivity contribution in [3.8, 4) is 0 Å². The number of aryl methyl sites for hydroxylation is 2. The zero-order valence-electron chi connectivity index (χ0n) is 18.2. The molecular weight excluding hydrogens is 386 g/mol. The van der Waals surface area contributed by atoms with E-state index in [0.29, 0.717) is 6.04 Å². The molecule has 1 aromatic rings. The average Bonchev–Trinajstić information content (AvgIpc) is 3.27. The van der Waals surface area contributed by atoms with Crippen LogP contribution in [0.4, 0.5) is 10.5 Å². The number of nitrogens with zero attached hydrogens (tertiary/aromatic N) is 1. The molecule has 2 N–H and O–H groups in total. The number of hydrogen-bond donors (Lipinski definition) is 2. The van der Waals surface area contributed by atoms with Gasteiger partial charge in [-0.3, -0.25) is 0 Å². The Hall–Kier alpha value is -1.60. The molecule has 2 amide bonds. The van der Waals surface area contributed by atoms with E-state index in [1.54, 1.807) is 0 Å². The summed E-state index contributed by atoms with van der Waals surface area (Å²) in [5.41, 5.74) is 5.56. The first-order valence-electron chi connectivity index (χ1n) is 10.9. The van der Waals surface area contributed by atoms with Crippen LogP contribution in [0.3, 0.4) is 0 Å². The molecular formula is C22H35N3O3S. The predicted molar refractivity (Wildman–Crippen MR) is 118 cm³/mol. The summed E-state index contributed by atoms with van der Waals surface area (Å²) in [5.74, 6) is 0.0675. The number of hydrogen-bond acceptors (Lipinski definition) is 4. The van der Waals surface area contributed by atoms with E-state index in [0.717, 1.165) is 62.9 Å². The SMILES string of the molecule is CCCc1cc2c(c(NC(=O)NS(=O)(=O)CC3CCN(C(C)C)C3)c1C)CCC2. The van der Waals surface area contributed by atoms with E-state index in [1.807, 2.05) is 6.92 Å². The van der Waals surface area contributed by atoms with Crippen molar-refractivity contribution >= 4 is 21.7 Å². The Labute approximate surface area is 175 Å². The highest BCUT2D eigenvalue weighted by Gasteiger charge is 2.29. The van der Waals surface area contributed by atoms with Gasteiger partial charge in [0.1, 0.15) is 0 Å². The molecule has 2 aliphatic rings. The van der Waals surface area contributed by atoms with Gasteiger partial charge in [-0.05, 0) is 87.6 Å². The monoisotopic (exact) mass is 421 g/mol. The molecule has 3 rings (SSSR count). The molecule has 1 aromatic carbocycles. The Bertz CT molecular complexity index is 865. The van der Waals surface area contributed by atoms with Crippen molar-refractivity contribution in [1.29, 1.82) is 0 Å². The summed E-state index contributed by atoms with van der Waals surface area (Å²) in [6.07, 6.45) is 5.88. The second-order valence-corrected chi connectivity index (χ2v) is 10.6. The van der Waals surface area contributed by atoms with Crippen LogP contribution in [-0.4, -0.2) is 44.2 Å². The first-order chi connectivity index (χ1) is 13.7. The maximum atomic E-state index is 12.6. The Morgan fingerprint density at radius 3 is 2.72 bits per heavy atom. The quantitative estimate of drug-likeness (QED) is 0.705. The molecule has 1 heterocycles. The summed E-state index contributed by atoms with van der Waals surface area (Å²) in [7, 11) is -3.67. The minimum absolute atomic E-state index is 0.00337. The van der Waals surface area contributed by atoms with Crippen molar-refractivity contribution in [3.63, 3.8) is 0 Å². The predicted octanol–water partition coefficient (Wildman–Crippen LogP) is 3.62. The third-order valence-corrected chi connectivity index (χ3v) is 7.68. The van der Waals surface area contributed by atoms with Crippen molar-refractivity contribution in [2.24, 2.45) is 5.92 Å². The van der Waals surface area contributed by atoms with Crippen molar-refractivity contribution < 1.29 is 13.2 Å². The molecule has 1 saturated heterocycles. The number of amides is 2. The van der Waals surface area contributed by atoms with E-state index >= 15 is 0 Å². The Kier molecular flexibility index (Phi) is 6.89. The normalized spacial score (nSPS) is 19.6. The van der Waals surface area contributed by atoms with Crippen LogP contribution in [0.5, 0.6) is 0 Å². The number of likely N-dealkylation sites (tertiary alicyclic amines) is 1. The van der Waals surface area contributed by atoms with Gasteiger partial charge >= 0.3 is 6.03 Å². The van der Waals surface area contributed by atoms with Gasteiger partial charge in [0, 0.05) is 18.3 Å². The number of fused-ring (bicyclic) bond motifs is 1. The van der Waals surface area contributed by atoms with Gasteiger partial charge in [-0.15, -0.1) is 0 Å². The molecule has 162 valence electrons. The maximum Gasteiger partial charge on any atom is 0.332 e. The Balaban J connectivity index is 1.68. The van der Waals surface area contributed by atoms with E-state index < -0.39 is 16.1 Å². The second kappa shape index (κ2) is 9.04. The van der Waals surface area contributed by atoms with Crippen LogP contribution in [0.1, 0.15) is 62.3 Å². The highest BCUT2D eigenvalue weighted by atomic mass is 32.2.